The van der Waals surface area contributed by atoms with Crippen molar-refractivity contribution in [2.45, 2.75) is 12.3 Å². The van der Waals surface area contributed by atoms with Crippen LogP contribution in [0, 0.1) is 0 Å². The van der Waals surface area contributed by atoms with Crippen molar-refractivity contribution in [1.29, 1.82) is 0 Å². The van der Waals surface area contributed by atoms with E-state index in [1.54, 1.807) is 6.07 Å². The van der Waals surface area contributed by atoms with Gasteiger partial charge in [-0.1, -0.05) is 12.1 Å². The summed E-state index contributed by atoms with van der Waals surface area (Å²) in [6.07, 6.45) is -0.465. The second kappa shape index (κ2) is 3.45. The number of halogens is 2. The molecule has 2 aromatic rings. The van der Waals surface area contributed by atoms with Crippen molar-refractivity contribution in [3.63, 3.8) is 0 Å². The molecule has 92 valence electrons. The Balaban J connectivity index is 2.31. The van der Waals surface area contributed by atoms with Gasteiger partial charge in [-0.2, -0.15) is 0 Å². The van der Waals surface area contributed by atoms with E-state index < -0.39 is 12.3 Å². The highest BCUT2D eigenvalue weighted by molar-refractivity contribution is 5.75. The average Bonchev–Trinajstić information content (AvgIpc) is 2.28. The molecule has 0 saturated heterocycles. The summed E-state index contributed by atoms with van der Waals surface area (Å²) in [7, 11) is 0. The fraction of sp³-hybridized carbons (Fsp3) is 0.143. The highest BCUT2D eigenvalue weighted by Crippen LogP contribution is 2.46. The number of alkyl halides is 2. The van der Waals surface area contributed by atoms with Gasteiger partial charge in [0.05, 0.1) is 0 Å². The Labute approximate surface area is 102 Å². The first-order valence-corrected chi connectivity index (χ1v) is 5.51. The molecule has 0 saturated carbocycles. The summed E-state index contributed by atoms with van der Waals surface area (Å²) in [6, 6.07) is 8.42. The van der Waals surface area contributed by atoms with E-state index in [0.29, 0.717) is 16.7 Å². The summed E-state index contributed by atoms with van der Waals surface area (Å²) >= 11 is 0. The predicted molar refractivity (Wildman–Crippen MR) is 62.8 cm³/mol. The van der Waals surface area contributed by atoms with Crippen molar-refractivity contribution in [1.82, 2.24) is 0 Å². The molecule has 2 N–H and O–H groups in total. The van der Waals surface area contributed by atoms with Crippen LogP contribution in [0.15, 0.2) is 36.4 Å². The van der Waals surface area contributed by atoms with Gasteiger partial charge in [-0.15, -0.1) is 0 Å². The quantitative estimate of drug-likeness (QED) is 0.750. The molecular formula is C14H10F2O2. The van der Waals surface area contributed by atoms with Crippen LogP contribution in [-0.2, 0) is 12.3 Å². The lowest BCUT2D eigenvalue weighted by atomic mass is 9.83. The summed E-state index contributed by atoms with van der Waals surface area (Å²) in [6.45, 7) is 0. The molecule has 0 amide bonds. The van der Waals surface area contributed by atoms with Crippen molar-refractivity contribution in [2.24, 2.45) is 0 Å². The first kappa shape index (κ1) is 11.0. The summed E-state index contributed by atoms with van der Waals surface area (Å²) in [5, 5.41) is 18.7. The molecule has 2 aromatic carbocycles. The molecule has 3 rings (SSSR count). The third kappa shape index (κ3) is 1.53. The van der Waals surface area contributed by atoms with Crippen LogP contribution in [0.5, 0.6) is 11.5 Å². The van der Waals surface area contributed by atoms with Crippen molar-refractivity contribution in [3.05, 3.63) is 47.5 Å². The minimum absolute atomic E-state index is 0.0215. The van der Waals surface area contributed by atoms with Gasteiger partial charge in [0.2, 0.25) is 0 Å². The Morgan fingerprint density at radius 2 is 1.50 bits per heavy atom. The molecule has 0 heterocycles. The van der Waals surface area contributed by atoms with E-state index in [-0.39, 0.29) is 17.1 Å². The van der Waals surface area contributed by atoms with Gasteiger partial charge in [-0.05, 0) is 41.0 Å². The number of hydrogen-bond acceptors (Lipinski definition) is 2. The minimum Gasteiger partial charge on any atom is -0.508 e. The topological polar surface area (TPSA) is 40.5 Å². The van der Waals surface area contributed by atoms with Gasteiger partial charge in [0, 0.05) is 12.0 Å². The van der Waals surface area contributed by atoms with E-state index >= 15 is 0 Å². The number of rotatable bonds is 0. The Morgan fingerprint density at radius 1 is 0.889 bits per heavy atom. The van der Waals surface area contributed by atoms with Crippen LogP contribution in [-0.4, -0.2) is 10.2 Å². The number of aromatic hydroxyl groups is 2. The van der Waals surface area contributed by atoms with E-state index in [0.717, 1.165) is 6.07 Å². The molecule has 2 nitrogen and oxygen atoms in total. The molecule has 0 bridgehead atoms. The molecule has 1 aliphatic carbocycles. The molecule has 0 unspecified atom stereocenters. The highest BCUT2D eigenvalue weighted by Gasteiger charge is 2.39. The van der Waals surface area contributed by atoms with Crippen LogP contribution in [0.3, 0.4) is 0 Å². The number of benzene rings is 2. The first-order chi connectivity index (χ1) is 8.47. The SMILES string of the molecule is Oc1ccc2c(c1)CC(F)(F)c1cc(O)ccc1-2. The van der Waals surface area contributed by atoms with E-state index in [1.807, 2.05) is 0 Å². The smallest absolute Gasteiger partial charge is 0.277 e. The van der Waals surface area contributed by atoms with Crippen LogP contribution in [0.4, 0.5) is 8.78 Å². The lowest BCUT2D eigenvalue weighted by Gasteiger charge is -2.27. The van der Waals surface area contributed by atoms with Gasteiger partial charge in [0.15, 0.2) is 0 Å². The van der Waals surface area contributed by atoms with Crippen LogP contribution in [0.25, 0.3) is 11.1 Å². The van der Waals surface area contributed by atoms with Crippen LogP contribution < -0.4 is 0 Å². The van der Waals surface area contributed by atoms with Crippen LogP contribution in [0.1, 0.15) is 11.1 Å². The first-order valence-electron chi connectivity index (χ1n) is 5.51. The Kier molecular flexibility index (Phi) is 2.11. The van der Waals surface area contributed by atoms with Crippen molar-refractivity contribution in [2.75, 3.05) is 0 Å². The molecule has 0 spiro atoms. The van der Waals surface area contributed by atoms with Gasteiger partial charge in [-0.25, -0.2) is 8.78 Å². The van der Waals surface area contributed by atoms with Crippen LogP contribution >= 0.6 is 0 Å². The maximum absolute atomic E-state index is 14.0. The second-order valence-electron chi connectivity index (χ2n) is 4.45. The fourth-order valence-electron chi connectivity index (χ4n) is 2.39. The molecule has 0 atom stereocenters. The third-order valence-corrected chi connectivity index (χ3v) is 3.19. The fourth-order valence-corrected chi connectivity index (χ4v) is 2.39. The molecule has 0 radical (unpaired) electrons. The third-order valence-electron chi connectivity index (χ3n) is 3.19. The molecule has 1 aliphatic rings. The number of phenolic OH excluding ortho intramolecular Hbond substituents is 2. The number of fused-ring (bicyclic) bond motifs is 3. The zero-order valence-corrected chi connectivity index (χ0v) is 9.32. The Morgan fingerprint density at radius 3 is 2.22 bits per heavy atom. The average molecular weight is 248 g/mol. The Bertz CT molecular complexity index is 636. The molecular weight excluding hydrogens is 238 g/mol. The summed E-state index contributed by atoms with van der Waals surface area (Å²) < 4.78 is 28.0. The van der Waals surface area contributed by atoms with Crippen molar-refractivity contribution in [3.8, 4) is 22.6 Å². The lowest BCUT2D eigenvalue weighted by molar-refractivity contribution is -0.00502. The molecule has 18 heavy (non-hydrogen) atoms. The lowest BCUT2D eigenvalue weighted by Crippen LogP contribution is -2.22. The number of hydrogen-bond donors (Lipinski definition) is 2. The van der Waals surface area contributed by atoms with E-state index in [1.165, 1.54) is 24.3 Å². The molecule has 4 heteroatoms. The Hall–Kier alpha value is -2.10. The molecule has 0 aromatic heterocycles. The zero-order chi connectivity index (χ0) is 12.9. The summed E-state index contributed by atoms with van der Waals surface area (Å²) in [4.78, 5) is 0. The maximum Gasteiger partial charge on any atom is 0.277 e. The standard InChI is InChI=1S/C14H10F2O2/c15-14(16)7-8-5-9(17)1-3-11(8)12-4-2-10(18)6-13(12)14/h1-6,17-18H,7H2. The van der Waals surface area contributed by atoms with Gasteiger partial charge >= 0.3 is 0 Å². The van der Waals surface area contributed by atoms with E-state index in [9.17, 15) is 19.0 Å². The van der Waals surface area contributed by atoms with Crippen LogP contribution in [0.2, 0.25) is 0 Å². The molecule has 0 aliphatic heterocycles. The van der Waals surface area contributed by atoms with Gasteiger partial charge < -0.3 is 10.2 Å². The largest absolute Gasteiger partial charge is 0.508 e. The highest BCUT2D eigenvalue weighted by atomic mass is 19.3. The second-order valence-corrected chi connectivity index (χ2v) is 4.45. The van der Waals surface area contributed by atoms with Gasteiger partial charge in [0.25, 0.3) is 5.92 Å². The zero-order valence-electron chi connectivity index (χ0n) is 9.32. The van der Waals surface area contributed by atoms with Gasteiger partial charge in [0.1, 0.15) is 11.5 Å². The van der Waals surface area contributed by atoms with E-state index in [2.05, 4.69) is 0 Å². The maximum atomic E-state index is 14.0. The van der Waals surface area contributed by atoms with Crippen molar-refractivity contribution >= 4 is 0 Å². The number of phenols is 2. The van der Waals surface area contributed by atoms with E-state index in [4.69, 9.17) is 0 Å². The van der Waals surface area contributed by atoms with Gasteiger partial charge in [-0.3, -0.25) is 0 Å². The summed E-state index contributed by atoms with van der Waals surface area (Å²) in [5.41, 5.74) is 1.33. The normalized spacial score (nSPS) is 15.9. The monoisotopic (exact) mass is 248 g/mol. The predicted octanol–water partition coefficient (Wildman–Crippen LogP) is 3.41. The minimum atomic E-state index is -3.03. The molecule has 0 fully saturated rings. The van der Waals surface area contributed by atoms with Crippen molar-refractivity contribution < 1.29 is 19.0 Å². The summed E-state index contributed by atoms with van der Waals surface area (Å²) in [5.74, 6) is -3.23.